The second-order valence-electron chi connectivity index (χ2n) is 8.34. The Kier molecular flexibility index (Phi) is 5.69. The summed E-state index contributed by atoms with van der Waals surface area (Å²) in [6, 6.07) is 11.9. The molecule has 4 nitrogen and oxygen atoms in total. The molecule has 0 radical (unpaired) electrons. The van der Waals surface area contributed by atoms with Crippen LogP contribution in [0.3, 0.4) is 0 Å². The number of fused-ring (bicyclic) bond motifs is 1. The first kappa shape index (κ1) is 20.7. The van der Waals surface area contributed by atoms with E-state index in [-0.39, 0.29) is 17.6 Å². The minimum absolute atomic E-state index is 0.00902. The number of likely N-dealkylation sites (tertiary alicyclic amines) is 1. The molecule has 0 aromatic heterocycles. The predicted molar refractivity (Wildman–Crippen MR) is 119 cm³/mol. The van der Waals surface area contributed by atoms with E-state index in [0.29, 0.717) is 33.6 Å². The standard InChI is InChI=1S/C24H25FN2O2S/c1-15-10-16(2)14-27(13-15)23(28)18-8-9-21-20(11-18)26(3)24(29)22(30-21)12-17-6-4-5-7-19(17)25/h4-9,11-12,15-16H,10,13-14H2,1-3H3/b22-12-/t15-,16+. The summed E-state index contributed by atoms with van der Waals surface area (Å²) in [4.78, 5) is 30.7. The maximum atomic E-state index is 14.0. The maximum Gasteiger partial charge on any atom is 0.264 e. The predicted octanol–water partition coefficient (Wildman–Crippen LogP) is 5.05. The molecule has 0 N–H and O–H groups in total. The average molecular weight is 425 g/mol. The van der Waals surface area contributed by atoms with Gasteiger partial charge in [0.25, 0.3) is 11.8 Å². The zero-order valence-electron chi connectivity index (χ0n) is 17.4. The Labute approximate surface area is 180 Å². The highest BCUT2D eigenvalue weighted by Crippen LogP contribution is 2.42. The minimum atomic E-state index is -0.363. The van der Waals surface area contributed by atoms with E-state index in [0.717, 1.165) is 24.4 Å². The van der Waals surface area contributed by atoms with Crippen LogP contribution >= 0.6 is 11.8 Å². The van der Waals surface area contributed by atoms with Crippen molar-refractivity contribution in [2.45, 2.75) is 25.2 Å². The SMILES string of the molecule is C[C@@H]1C[C@H](C)CN(C(=O)c2ccc3c(c2)N(C)C(=O)/C(=C/c2ccccc2F)S3)C1. The Balaban J connectivity index is 1.62. The largest absolute Gasteiger partial charge is 0.338 e. The number of carbonyl (C=O) groups is 2. The fraction of sp³-hybridized carbons (Fsp3) is 0.333. The highest BCUT2D eigenvalue weighted by atomic mass is 32.2. The fourth-order valence-corrected chi connectivity index (χ4v) is 5.36. The van der Waals surface area contributed by atoms with Gasteiger partial charge in [0.05, 0.1) is 10.6 Å². The number of carbonyl (C=O) groups excluding carboxylic acids is 2. The molecular formula is C24H25FN2O2S. The number of nitrogens with zero attached hydrogens (tertiary/aromatic N) is 2. The molecule has 30 heavy (non-hydrogen) atoms. The minimum Gasteiger partial charge on any atom is -0.338 e. The Hall–Kier alpha value is -2.60. The first-order valence-corrected chi connectivity index (χ1v) is 11.0. The molecule has 2 aliphatic rings. The van der Waals surface area contributed by atoms with Gasteiger partial charge < -0.3 is 9.80 Å². The van der Waals surface area contributed by atoms with Gasteiger partial charge >= 0.3 is 0 Å². The summed E-state index contributed by atoms with van der Waals surface area (Å²) in [6.07, 6.45) is 2.72. The van der Waals surface area contributed by atoms with Crippen LogP contribution in [0, 0.1) is 17.7 Å². The van der Waals surface area contributed by atoms with Crippen molar-refractivity contribution < 1.29 is 14.0 Å². The second-order valence-corrected chi connectivity index (χ2v) is 9.42. The van der Waals surface area contributed by atoms with Crippen LogP contribution in [0.2, 0.25) is 0 Å². The van der Waals surface area contributed by atoms with E-state index in [9.17, 15) is 14.0 Å². The number of hydrogen-bond donors (Lipinski definition) is 0. The van der Waals surface area contributed by atoms with Crippen molar-refractivity contribution >= 4 is 35.3 Å². The highest BCUT2D eigenvalue weighted by molar-refractivity contribution is 8.04. The third-order valence-corrected chi connectivity index (χ3v) is 6.73. The quantitative estimate of drug-likeness (QED) is 0.633. The van der Waals surface area contributed by atoms with Gasteiger partial charge in [0.15, 0.2) is 0 Å². The van der Waals surface area contributed by atoms with E-state index in [1.54, 1.807) is 37.4 Å². The topological polar surface area (TPSA) is 40.6 Å². The molecule has 0 bridgehead atoms. The summed E-state index contributed by atoms with van der Waals surface area (Å²) in [5.74, 6) is 0.413. The lowest BCUT2D eigenvalue weighted by atomic mass is 9.91. The number of anilines is 1. The maximum absolute atomic E-state index is 14.0. The average Bonchev–Trinajstić information content (AvgIpc) is 2.72. The lowest BCUT2D eigenvalue weighted by Crippen LogP contribution is -2.42. The second kappa shape index (κ2) is 8.26. The van der Waals surface area contributed by atoms with Crippen LogP contribution in [0.4, 0.5) is 10.1 Å². The van der Waals surface area contributed by atoms with Crippen molar-refractivity contribution in [2.75, 3.05) is 25.0 Å². The van der Waals surface area contributed by atoms with Crippen molar-refractivity contribution in [3.8, 4) is 0 Å². The monoisotopic (exact) mass is 424 g/mol. The van der Waals surface area contributed by atoms with Gasteiger partial charge in [-0.05, 0) is 48.6 Å². The number of thioether (sulfide) groups is 1. The van der Waals surface area contributed by atoms with Crippen LogP contribution in [0.15, 0.2) is 52.3 Å². The zero-order chi connectivity index (χ0) is 21.4. The number of piperidine rings is 1. The molecular weight excluding hydrogens is 399 g/mol. The van der Waals surface area contributed by atoms with Gasteiger partial charge in [0, 0.05) is 36.2 Å². The molecule has 0 saturated carbocycles. The van der Waals surface area contributed by atoms with Crippen molar-refractivity contribution in [2.24, 2.45) is 11.8 Å². The van der Waals surface area contributed by atoms with Gasteiger partial charge in [-0.2, -0.15) is 0 Å². The fourth-order valence-electron chi connectivity index (χ4n) is 4.27. The van der Waals surface area contributed by atoms with Gasteiger partial charge in [-0.3, -0.25) is 9.59 Å². The molecule has 0 unspecified atom stereocenters. The zero-order valence-corrected chi connectivity index (χ0v) is 18.2. The first-order chi connectivity index (χ1) is 14.3. The molecule has 6 heteroatoms. The van der Waals surface area contributed by atoms with Crippen LogP contribution in [0.5, 0.6) is 0 Å². The molecule has 1 fully saturated rings. The van der Waals surface area contributed by atoms with Crippen LogP contribution in [-0.4, -0.2) is 36.9 Å². The van der Waals surface area contributed by atoms with Crippen molar-refractivity contribution in [3.05, 3.63) is 64.3 Å². The van der Waals surface area contributed by atoms with Crippen LogP contribution in [0.25, 0.3) is 6.08 Å². The molecule has 2 aliphatic heterocycles. The van der Waals surface area contributed by atoms with Gasteiger partial charge in [-0.1, -0.05) is 43.8 Å². The van der Waals surface area contributed by atoms with E-state index in [2.05, 4.69) is 13.8 Å². The molecule has 2 aromatic rings. The van der Waals surface area contributed by atoms with Crippen LogP contribution < -0.4 is 4.90 Å². The third-order valence-electron chi connectivity index (χ3n) is 5.65. The Bertz CT molecular complexity index is 1030. The highest BCUT2D eigenvalue weighted by Gasteiger charge is 2.30. The summed E-state index contributed by atoms with van der Waals surface area (Å²) in [7, 11) is 1.69. The van der Waals surface area contributed by atoms with Crippen LogP contribution in [0.1, 0.15) is 36.2 Å². The molecule has 0 aliphatic carbocycles. The molecule has 2 heterocycles. The lowest BCUT2D eigenvalue weighted by molar-refractivity contribution is -0.114. The van der Waals surface area contributed by atoms with E-state index >= 15 is 0 Å². The molecule has 1 saturated heterocycles. The molecule has 4 rings (SSSR count). The Morgan fingerprint density at radius 2 is 1.83 bits per heavy atom. The number of likely N-dealkylation sites (N-methyl/N-ethyl adjacent to an activating group) is 1. The third kappa shape index (κ3) is 4.01. The summed E-state index contributed by atoms with van der Waals surface area (Å²) in [5.41, 5.74) is 1.68. The van der Waals surface area contributed by atoms with Crippen molar-refractivity contribution in [1.29, 1.82) is 0 Å². The van der Waals surface area contributed by atoms with Gasteiger partial charge in [0.2, 0.25) is 0 Å². The number of hydrogen-bond acceptors (Lipinski definition) is 3. The Morgan fingerprint density at radius 3 is 2.53 bits per heavy atom. The molecule has 2 amide bonds. The lowest BCUT2D eigenvalue weighted by Gasteiger charge is -2.35. The number of benzene rings is 2. The van der Waals surface area contributed by atoms with Gasteiger partial charge in [-0.15, -0.1) is 0 Å². The van der Waals surface area contributed by atoms with Crippen molar-refractivity contribution in [3.63, 3.8) is 0 Å². The smallest absolute Gasteiger partial charge is 0.264 e. The summed E-state index contributed by atoms with van der Waals surface area (Å²) < 4.78 is 14.0. The van der Waals surface area contributed by atoms with E-state index in [4.69, 9.17) is 0 Å². The summed E-state index contributed by atoms with van der Waals surface area (Å²) in [6.45, 7) is 5.88. The normalized spacial score (nSPS) is 22.9. The molecule has 2 aromatic carbocycles. The molecule has 0 spiro atoms. The van der Waals surface area contributed by atoms with Gasteiger partial charge in [0.1, 0.15) is 5.82 Å². The van der Waals surface area contributed by atoms with Crippen LogP contribution in [-0.2, 0) is 4.79 Å². The van der Waals surface area contributed by atoms with Gasteiger partial charge in [-0.25, -0.2) is 4.39 Å². The first-order valence-electron chi connectivity index (χ1n) is 10.2. The van der Waals surface area contributed by atoms with E-state index in [1.807, 2.05) is 17.0 Å². The van der Waals surface area contributed by atoms with Crippen molar-refractivity contribution in [1.82, 2.24) is 4.90 Å². The van der Waals surface area contributed by atoms with E-state index < -0.39 is 0 Å². The Morgan fingerprint density at radius 1 is 1.13 bits per heavy atom. The van der Waals surface area contributed by atoms with E-state index in [1.165, 1.54) is 22.7 Å². The summed E-state index contributed by atoms with van der Waals surface area (Å²) >= 11 is 1.31. The molecule has 2 atom stereocenters. The number of rotatable bonds is 2. The number of halogens is 1. The summed E-state index contributed by atoms with van der Waals surface area (Å²) in [5, 5.41) is 0. The number of amides is 2. The molecule has 156 valence electrons.